The third kappa shape index (κ3) is 5.05. The van der Waals surface area contributed by atoms with E-state index in [-0.39, 0.29) is 5.91 Å². The Bertz CT molecular complexity index is 712. The zero-order valence-electron chi connectivity index (χ0n) is 15.5. The Kier molecular flexibility index (Phi) is 6.32. The molecule has 1 aromatic carbocycles. The average molecular weight is 380 g/mol. The number of carbonyl (C=O) groups is 1. The molecule has 144 valence electrons. The predicted octanol–water partition coefficient (Wildman–Crippen LogP) is 1.71. The Labute approximate surface area is 156 Å². The lowest BCUT2D eigenvalue weighted by Crippen LogP contribution is -2.45. The number of piperidine rings is 1. The molecule has 1 unspecified atom stereocenters. The van der Waals surface area contributed by atoms with Gasteiger partial charge in [-0.15, -0.1) is 0 Å². The smallest absolute Gasteiger partial charge is 0.238 e. The van der Waals surface area contributed by atoms with Crippen molar-refractivity contribution in [1.29, 1.82) is 0 Å². The highest BCUT2D eigenvalue weighted by molar-refractivity contribution is 7.88. The van der Waals surface area contributed by atoms with Crippen LogP contribution in [0.2, 0.25) is 0 Å². The van der Waals surface area contributed by atoms with Crippen molar-refractivity contribution in [2.75, 3.05) is 25.9 Å². The molecule has 2 heterocycles. The van der Waals surface area contributed by atoms with Crippen LogP contribution in [0.3, 0.4) is 0 Å². The summed E-state index contributed by atoms with van der Waals surface area (Å²) in [6, 6.07) is 7.76. The van der Waals surface area contributed by atoms with Crippen LogP contribution in [-0.2, 0) is 27.9 Å². The molecule has 1 N–H and O–H groups in total. The predicted molar refractivity (Wildman–Crippen MR) is 102 cm³/mol. The molecule has 6 nitrogen and oxygen atoms in total. The second-order valence-corrected chi connectivity index (χ2v) is 9.34. The third-order valence-corrected chi connectivity index (χ3v) is 6.57. The third-order valence-electron chi connectivity index (χ3n) is 5.28. The van der Waals surface area contributed by atoms with E-state index < -0.39 is 16.1 Å². The molecule has 1 amide bonds. The molecule has 0 saturated carbocycles. The van der Waals surface area contributed by atoms with Crippen LogP contribution in [-0.4, -0.2) is 55.5 Å². The molecule has 0 aliphatic carbocycles. The fourth-order valence-corrected chi connectivity index (χ4v) is 4.97. The van der Waals surface area contributed by atoms with Crippen molar-refractivity contribution in [3.05, 3.63) is 35.4 Å². The number of likely N-dealkylation sites (tertiary alicyclic amines) is 1. The Balaban J connectivity index is 1.50. The molecule has 1 atom stereocenters. The van der Waals surface area contributed by atoms with Crippen molar-refractivity contribution in [1.82, 2.24) is 14.5 Å². The van der Waals surface area contributed by atoms with Gasteiger partial charge in [0.25, 0.3) is 0 Å². The molecule has 2 saturated heterocycles. The SMILES string of the molecule is CS(=O)(=O)N1CCCC1C(=O)NCc1ccc(CN2CCCCC2)cc1. The lowest BCUT2D eigenvalue weighted by molar-refractivity contribution is -0.124. The van der Waals surface area contributed by atoms with E-state index in [2.05, 4.69) is 22.3 Å². The van der Waals surface area contributed by atoms with Crippen molar-refractivity contribution in [2.45, 2.75) is 51.2 Å². The lowest BCUT2D eigenvalue weighted by atomic mass is 10.1. The standard InChI is InChI=1S/C19H29N3O3S/c1-26(24,25)22-13-5-6-18(22)19(23)20-14-16-7-9-17(10-8-16)15-21-11-3-2-4-12-21/h7-10,18H,2-6,11-15H2,1H3,(H,20,23). The van der Waals surface area contributed by atoms with Gasteiger partial charge in [0.2, 0.25) is 15.9 Å². The number of carbonyl (C=O) groups excluding carboxylic acids is 1. The van der Waals surface area contributed by atoms with E-state index in [0.717, 1.165) is 18.5 Å². The summed E-state index contributed by atoms with van der Waals surface area (Å²) in [6.07, 6.45) is 6.40. The molecular weight excluding hydrogens is 350 g/mol. The number of sulfonamides is 1. The zero-order chi connectivity index (χ0) is 18.6. The highest BCUT2D eigenvalue weighted by Crippen LogP contribution is 2.20. The number of benzene rings is 1. The maximum atomic E-state index is 12.4. The fourth-order valence-electron chi connectivity index (χ4n) is 3.84. The highest BCUT2D eigenvalue weighted by Gasteiger charge is 2.36. The van der Waals surface area contributed by atoms with Crippen LogP contribution in [0.4, 0.5) is 0 Å². The van der Waals surface area contributed by atoms with Crippen LogP contribution in [0.25, 0.3) is 0 Å². The zero-order valence-corrected chi connectivity index (χ0v) is 16.3. The van der Waals surface area contributed by atoms with Crippen LogP contribution in [0.5, 0.6) is 0 Å². The normalized spacial score (nSPS) is 22.4. The Morgan fingerprint density at radius 3 is 2.35 bits per heavy atom. The van der Waals surface area contributed by atoms with Gasteiger partial charge < -0.3 is 5.32 Å². The Hall–Kier alpha value is -1.44. The molecule has 7 heteroatoms. The number of hydrogen-bond acceptors (Lipinski definition) is 4. The highest BCUT2D eigenvalue weighted by atomic mass is 32.2. The molecule has 0 radical (unpaired) electrons. The van der Waals surface area contributed by atoms with Crippen LogP contribution >= 0.6 is 0 Å². The molecular formula is C19H29N3O3S. The first kappa shape index (κ1) is 19.3. The summed E-state index contributed by atoms with van der Waals surface area (Å²) >= 11 is 0. The van der Waals surface area contributed by atoms with E-state index >= 15 is 0 Å². The molecule has 26 heavy (non-hydrogen) atoms. The molecule has 1 aromatic rings. The maximum absolute atomic E-state index is 12.4. The van der Waals surface area contributed by atoms with Gasteiger partial charge in [-0.05, 0) is 49.9 Å². The minimum atomic E-state index is -3.33. The van der Waals surface area contributed by atoms with Crippen LogP contribution in [0.15, 0.2) is 24.3 Å². The van der Waals surface area contributed by atoms with Crippen molar-refractivity contribution < 1.29 is 13.2 Å². The first-order valence-corrected chi connectivity index (χ1v) is 11.3. The number of amides is 1. The number of hydrogen-bond donors (Lipinski definition) is 1. The first-order valence-electron chi connectivity index (χ1n) is 9.48. The summed E-state index contributed by atoms with van der Waals surface area (Å²) in [5.74, 6) is -0.203. The van der Waals surface area contributed by atoms with Crippen LogP contribution in [0, 0.1) is 0 Å². The monoisotopic (exact) mass is 379 g/mol. The van der Waals surface area contributed by atoms with E-state index in [0.29, 0.717) is 19.5 Å². The van der Waals surface area contributed by atoms with E-state index in [1.165, 1.54) is 48.5 Å². The fraction of sp³-hybridized carbons (Fsp3) is 0.632. The van der Waals surface area contributed by atoms with Crippen LogP contribution < -0.4 is 5.32 Å². The summed E-state index contributed by atoms with van der Waals surface area (Å²) in [7, 11) is -3.33. The molecule has 2 aliphatic heterocycles. The first-order chi connectivity index (χ1) is 12.4. The molecule has 0 spiro atoms. The lowest BCUT2D eigenvalue weighted by Gasteiger charge is -2.26. The van der Waals surface area contributed by atoms with Gasteiger partial charge in [0.05, 0.1) is 6.26 Å². The van der Waals surface area contributed by atoms with Gasteiger partial charge in [-0.1, -0.05) is 30.7 Å². The van der Waals surface area contributed by atoms with Gasteiger partial charge in [0, 0.05) is 19.6 Å². The Morgan fingerprint density at radius 2 is 1.69 bits per heavy atom. The van der Waals surface area contributed by atoms with E-state index in [1.807, 2.05) is 12.1 Å². The number of nitrogens with zero attached hydrogens (tertiary/aromatic N) is 2. The van der Waals surface area contributed by atoms with Gasteiger partial charge in [-0.25, -0.2) is 8.42 Å². The minimum absolute atomic E-state index is 0.203. The van der Waals surface area contributed by atoms with Gasteiger partial charge in [-0.3, -0.25) is 9.69 Å². The maximum Gasteiger partial charge on any atom is 0.238 e. The van der Waals surface area contributed by atoms with Gasteiger partial charge in [0.15, 0.2) is 0 Å². The summed E-state index contributed by atoms with van der Waals surface area (Å²) < 4.78 is 24.8. The molecule has 0 bridgehead atoms. The average Bonchev–Trinajstić information content (AvgIpc) is 3.12. The quantitative estimate of drug-likeness (QED) is 0.817. The topological polar surface area (TPSA) is 69.7 Å². The van der Waals surface area contributed by atoms with Crippen molar-refractivity contribution in [2.24, 2.45) is 0 Å². The van der Waals surface area contributed by atoms with Crippen LogP contribution in [0.1, 0.15) is 43.2 Å². The summed E-state index contributed by atoms with van der Waals surface area (Å²) in [4.78, 5) is 14.9. The Morgan fingerprint density at radius 1 is 1.04 bits per heavy atom. The second-order valence-electron chi connectivity index (χ2n) is 7.40. The summed E-state index contributed by atoms with van der Waals surface area (Å²) in [6.45, 7) is 4.20. The number of nitrogens with one attached hydrogen (secondary N) is 1. The molecule has 2 fully saturated rings. The number of rotatable bonds is 6. The molecule has 0 aromatic heterocycles. The summed E-state index contributed by atoms with van der Waals surface area (Å²) in [5.41, 5.74) is 2.32. The minimum Gasteiger partial charge on any atom is -0.351 e. The summed E-state index contributed by atoms with van der Waals surface area (Å²) in [5, 5.41) is 2.89. The van der Waals surface area contributed by atoms with Crippen molar-refractivity contribution in [3.8, 4) is 0 Å². The van der Waals surface area contributed by atoms with Crippen molar-refractivity contribution >= 4 is 15.9 Å². The van der Waals surface area contributed by atoms with Gasteiger partial charge in [0.1, 0.15) is 6.04 Å². The largest absolute Gasteiger partial charge is 0.351 e. The van der Waals surface area contributed by atoms with Gasteiger partial charge in [-0.2, -0.15) is 4.31 Å². The van der Waals surface area contributed by atoms with Gasteiger partial charge >= 0.3 is 0 Å². The van der Waals surface area contributed by atoms with E-state index in [4.69, 9.17) is 0 Å². The second kappa shape index (κ2) is 8.50. The van der Waals surface area contributed by atoms with Crippen molar-refractivity contribution in [3.63, 3.8) is 0 Å². The molecule has 2 aliphatic rings. The van der Waals surface area contributed by atoms with E-state index in [1.54, 1.807) is 0 Å². The molecule has 3 rings (SSSR count). The van der Waals surface area contributed by atoms with E-state index in [9.17, 15) is 13.2 Å².